The summed E-state index contributed by atoms with van der Waals surface area (Å²) in [6, 6.07) is 5.32. The third-order valence-corrected chi connectivity index (χ3v) is 6.48. The van der Waals surface area contributed by atoms with E-state index in [1.807, 2.05) is 20.8 Å². The first-order valence-corrected chi connectivity index (χ1v) is 10.8. The fourth-order valence-corrected chi connectivity index (χ4v) is 5.24. The van der Waals surface area contributed by atoms with Crippen LogP contribution >= 0.6 is 0 Å². The molecular weight excluding hydrogens is 380 g/mol. The van der Waals surface area contributed by atoms with Gasteiger partial charge in [0.05, 0.1) is 17.8 Å². The predicted octanol–water partition coefficient (Wildman–Crippen LogP) is 1.48. The number of para-hydroxylation sites is 1. The van der Waals surface area contributed by atoms with Crippen molar-refractivity contribution in [3.63, 3.8) is 0 Å². The third kappa shape index (κ3) is 3.86. The largest absolute Gasteiger partial charge is 0.331 e. The molecular formula is C19H28N4O4S. The summed E-state index contributed by atoms with van der Waals surface area (Å²) in [6.45, 7) is 6.40. The Balaban J connectivity index is 2.09. The second-order valence-electron chi connectivity index (χ2n) is 8.85. The Hall–Kier alpha value is -2.13. The van der Waals surface area contributed by atoms with Gasteiger partial charge in [-0.2, -0.15) is 0 Å². The number of hydrogen-bond acceptors (Lipinski definition) is 4. The number of carbonyl (C=O) groups is 2. The summed E-state index contributed by atoms with van der Waals surface area (Å²) in [5.41, 5.74) is 0.119. The van der Waals surface area contributed by atoms with E-state index in [0.717, 1.165) is 0 Å². The molecule has 0 spiro atoms. The lowest BCUT2D eigenvalue weighted by molar-refractivity contribution is -0.120. The number of likely N-dealkylation sites (tertiary alicyclic amines) is 1. The molecule has 0 saturated carbocycles. The molecule has 1 saturated heterocycles. The van der Waals surface area contributed by atoms with Gasteiger partial charge in [0.2, 0.25) is 15.9 Å². The van der Waals surface area contributed by atoms with Crippen LogP contribution < -0.4 is 9.62 Å². The van der Waals surface area contributed by atoms with Crippen molar-refractivity contribution >= 4 is 27.6 Å². The quantitative estimate of drug-likeness (QED) is 0.762. The summed E-state index contributed by atoms with van der Waals surface area (Å²) in [4.78, 5) is 30.5. The van der Waals surface area contributed by atoms with Crippen LogP contribution in [0.1, 0.15) is 27.2 Å². The highest BCUT2D eigenvalue weighted by Crippen LogP contribution is 2.35. The van der Waals surface area contributed by atoms with Gasteiger partial charge in [-0.15, -0.1) is 0 Å². The van der Waals surface area contributed by atoms with Crippen molar-refractivity contribution < 1.29 is 18.0 Å². The van der Waals surface area contributed by atoms with Gasteiger partial charge in [0.1, 0.15) is 4.90 Å². The van der Waals surface area contributed by atoms with E-state index in [2.05, 4.69) is 4.72 Å². The number of urea groups is 1. The minimum atomic E-state index is -3.81. The van der Waals surface area contributed by atoms with Crippen LogP contribution in [0.15, 0.2) is 29.2 Å². The molecule has 2 aliphatic heterocycles. The van der Waals surface area contributed by atoms with Crippen molar-refractivity contribution in [3.05, 3.63) is 24.3 Å². The SMILES string of the molecule is CN(C)C(=O)N1C[C@@H]2NS(=O)(=O)c3ccccc3N(C(=O)CC(C)(C)C)[C@H]2C1. The fourth-order valence-electron chi connectivity index (χ4n) is 3.79. The first-order chi connectivity index (χ1) is 12.9. The molecule has 2 atom stereocenters. The second kappa shape index (κ2) is 7.04. The Labute approximate surface area is 166 Å². The van der Waals surface area contributed by atoms with E-state index < -0.39 is 22.1 Å². The molecule has 1 aromatic carbocycles. The molecule has 1 N–H and O–H groups in total. The zero-order chi connectivity index (χ0) is 20.9. The zero-order valence-corrected chi connectivity index (χ0v) is 17.8. The Morgan fingerprint density at radius 1 is 1.18 bits per heavy atom. The Kier molecular flexibility index (Phi) is 5.18. The standard InChI is InChI=1S/C19H28N4O4S/c1-19(2,3)10-17(24)23-14-8-6-7-9-16(14)28(26,27)20-13-11-22(12-15(13)23)18(25)21(4)5/h6-9,13,15,20H,10-12H2,1-5H3/t13-,15-/m0/s1. The molecule has 3 rings (SSSR count). The van der Waals surface area contributed by atoms with Crippen molar-refractivity contribution in [2.45, 2.75) is 44.2 Å². The van der Waals surface area contributed by atoms with Crippen molar-refractivity contribution in [1.29, 1.82) is 0 Å². The second-order valence-corrected chi connectivity index (χ2v) is 10.5. The van der Waals surface area contributed by atoms with Crippen LogP contribution in [0.5, 0.6) is 0 Å². The molecule has 28 heavy (non-hydrogen) atoms. The highest BCUT2D eigenvalue weighted by atomic mass is 32.2. The maximum absolute atomic E-state index is 13.3. The number of rotatable bonds is 1. The summed E-state index contributed by atoms with van der Waals surface area (Å²) in [6.07, 6.45) is 0.270. The Morgan fingerprint density at radius 2 is 1.82 bits per heavy atom. The Bertz CT molecular complexity index is 891. The molecule has 2 aliphatic rings. The number of sulfonamides is 1. The maximum Gasteiger partial charge on any atom is 0.319 e. The Morgan fingerprint density at radius 3 is 2.43 bits per heavy atom. The molecule has 0 bridgehead atoms. The van der Waals surface area contributed by atoms with Crippen LogP contribution in [0, 0.1) is 5.41 Å². The summed E-state index contributed by atoms with van der Waals surface area (Å²) in [7, 11) is -0.505. The molecule has 9 heteroatoms. The molecule has 1 fully saturated rings. The number of carbonyl (C=O) groups excluding carboxylic acids is 2. The van der Waals surface area contributed by atoms with Gasteiger partial charge < -0.3 is 14.7 Å². The van der Waals surface area contributed by atoms with E-state index in [-0.39, 0.29) is 41.8 Å². The highest BCUT2D eigenvalue weighted by Gasteiger charge is 2.47. The lowest BCUT2D eigenvalue weighted by Gasteiger charge is -2.32. The monoisotopic (exact) mass is 408 g/mol. The van der Waals surface area contributed by atoms with E-state index in [1.54, 1.807) is 42.1 Å². The summed E-state index contributed by atoms with van der Waals surface area (Å²) in [5, 5.41) is 0. The van der Waals surface area contributed by atoms with Crippen molar-refractivity contribution in [2.75, 3.05) is 32.1 Å². The van der Waals surface area contributed by atoms with Gasteiger partial charge in [-0.1, -0.05) is 32.9 Å². The van der Waals surface area contributed by atoms with Crippen LogP contribution in [0.25, 0.3) is 0 Å². The van der Waals surface area contributed by atoms with Gasteiger partial charge in [0, 0.05) is 33.6 Å². The minimum absolute atomic E-state index is 0.0946. The number of fused-ring (bicyclic) bond motifs is 2. The van der Waals surface area contributed by atoms with Gasteiger partial charge in [-0.3, -0.25) is 4.79 Å². The first kappa shape index (κ1) is 20.6. The molecule has 8 nitrogen and oxygen atoms in total. The van der Waals surface area contributed by atoms with Gasteiger partial charge in [0.25, 0.3) is 0 Å². The molecule has 0 aromatic heterocycles. The van der Waals surface area contributed by atoms with Gasteiger partial charge in [-0.25, -0.2) is 17.9 Å². The van der Waals surface area contributed by atoms with E-state index in [1.165, 1.54) is 11.0 Å². The molecule has 0 radical (unpaired) electrons. The topological polar surface area (TPSA) is 90.0 Å². The molecule has 154 valence electrons. The maximum atomic E-state index is 13.3. The summed E-state index contributed by atoms with van der Waals surface area (Å²) >= 11 is 0. The van der Waals surface area contributed by atoms with Crippen LogP contribution in [0.4, 0.5) is 10.5 Å². The van der Waals surface area contributed by atoms with Crippen LogP contribution in [-0.4, -0.2) is 69.4 Å². The van der Waals surface area contributed by atoms with Crippen LogP contribution in [0.3, 0.4) is 0 Å². The zero-order valence-electron chi connectivity index (χ0n) is 17.0. The molecule has 0 aliphatic carbocycles. The van der Waals surface area contributed by atoms with E-state index in [0.29, 0.717) is 5.69 Å². The number of amides is 3. The average Bonchev–Trinajstić information content (AvgIpc) is 2.92. The highest BCUT2D eigenvalue weighted by molar-refractivity contribution is 7.89. The average molecular weight is 409 g/mol. The summed E-state index contributed by atoms with van der Waals surface area (Å²) < 4.78 is 28.6. The van der Waals surface area contributed by atoms with Crippen molar-refractivity contribution in [2.24, 2.45) is 5.41 Å². The van der Waals surface area contributed by atoms with E-state index >= 15 is 0 Å². The smallest absolute Gasteiger partial charge is 0.319 e. The molecule has 0 unspecified atom stereocenters. The van der Waals surface area contributed by atoms with Gasteiger partial charge in [0.15, 0.2) is 0 Å². The lowest BCUT2D eigenvalue weighted by Crippen LogP contribution is -2.51. The number of nitrogens with one attached hydrogen (secondary N) is 1. The number of hydrogen-bond donors (Lipinski definition) is 1. The first-order valence-electron chi connectivity index (χ1n) is 9.30. The fraction of sp³-hybridized carbons (Fsp3) is 0.579. The van der Waals surface area contributed by atoms with Gasteiger partial charge in [-0.05, 0) is 17.5 Å². The number of nitrogens with zero attached hydrogens (tertiary/aromatic N) is 3. The van der Waals surface area contributed by atoms with E-state index in [9.17, 15) is 18.0 Å². The van der Waals surface area contributed by atoms with Gasteiger partial charge >= 0.3 is 6.03 Å². The van der Waals surface area contributed by atoms with Crippen LogP contribution in [0.2, 0.25) is 0 Å². The van der Waals surface area contributed by atoms with Crippen LogP contribution in [-0.2, 0) is 14.8 Å². The van der Waals surface area contributed by atoms with Crippen molar-refractivity contribution in [1.82, 2.24) is 14.5 Å². The normalized spacial score (nSPS) is 23.6. The predicted molar refractivity (Wildman–Crippen MR) is 107 cm³/mol. The third-order valence-electron chi connectivity index (χ3n) is 4.94. The molecule has 1 aromatic rings. The molecule has 2 heterocycles. The minimum Gasteiger partial charge on any atom is -0.331 e. The summed E-state index contributed by atoms with van der Waals surface area (Å²) in [5.74, 6) is -0.145. The number of benzene rings is 1. The molecule has 3 amide bonds. The van der Waals surface area contributed by atoms with E-state index in [4.69, 9.17) is 0 Å². The lowest BCUT2D eigenvalue weighted by atomic mass is 9.91. The number of anilines is 1. The van der Waals surface area contributed by atoms with Crippen molar-refractivity contribution in [3.8, 4) is 0 Å².